The summed E-state index contributed by atoms with van der Waals surface area (Å²) in [6.45, 7) is 1.95. The number of pyridine rings is 1. The number of halogens is 3. The Labute approximate surface area is 96.6 Å². The summed E-state index contributed by atoms with van der Waals surface area (Å²) < 4.78 is 0. The summed E-state index contributed by atoms with van der Waals surface area (Å²) in [5, 5.41) is 2.51. The largest absolute Gasteiger partial charge is 0.235 e. The van der Waals surface area contributed by atoms with Gasteiger partial charge in [0.25, 0.3) is 0 Å². The topological polar surface area (TPSA) is 12.9 Å². The fourth-order valence-corrected chi connectivity index (χ4v) is 2.16. The monoisotopic (exact) mass is 245 g/mol. The van der Waals surface area contributed by atoms with Crippen molar-refractivity contribution in [2.45, 2.75) is 6.92 Å². The highest BCUT2D eigenvalue weighted by molar-refractivity contribution is 6.38. The van der Waals surface area contributed by atoms with Gasteiger partial charge in [-0.05, 0) is 30.7 Å². The van der Waals surface area contributed by atoms with Gasteiger partial charge < -0.3 is 0 Å². The SMILES string of the molecule is Cc1cc(Cl)nc2c(Cl)cc(Cl)cc12. The Hall–Kier alpha value is -0.500. The summed E-state index contributed by atoms with van der Waals surface area (Å²) in [6.07, 6.45) is 0. The number of rotatable bonds is 0. The van der Waals surface area contributed by atoms with E-state index in [1.54, 1.807) is 12.1 Å². The Balaban J connectivity index is 2.94. The summed E-state index contributed by atoms with van der Waals surface area (Å²) in [6, 6.07) is 5.28. The van der Waals surface area contributed by atoms with Crippen molar-refractivity contribution >= 4 is 45.7 Å². The zero-order chi connectivity index (χ0) is 10.3. The first kappa shape index (κ1) is 10.0. The molecule has 1 aromatic heterocycles. The van der Waals surface area contributed by atoms with Crippen LogP contribution in [0.1, 0.15) is 5.56 Å². The van der Waals surface area contributed by atoms with Gasteiger partial charge in [0, 0.05) is 10.4 Å². The lowest BCUT2D eigenvalue weighted by molar-refractivity contribution is 1.37. The number of benzene rings is 1. The van der Waals surface area contributed by atoms with E-state index in [0.717, 1.165) is 10.9 Å². The van der Waals surface area contributed by atoms with E-state index >= 15 is 0 Å². The minimum absolute atomic E-state index is 0.444. The summed E-state index contributed by atoms with van der Waals surface area (Å²) >= 11 is 17.7. The molecule has 72 valence electrons. The van der Waals surface area contributed by atoms with Crippen molar-refractivity contribution in [3.05, 3.63) is 39.0 Å². The maximum atomic E-state index is 6.00. The molecule has 0 bridgehead atoms. The van der Waals surface area contributed by atoms with Crippen LogP contribution in [-0.4, -0.2) is 4.98 Å². The normalized spacial score (nSPS) is 10.9. The molecule has 2 aromatic rings. The molecular formula is C10H6Cl3N. The molecule has 0 aliphatic carbocycles. The van der Waals surface area contributed by atoms with Crippen LogP contribution in [0.2, 0.25) is 15.2 Å². The predicted octanol–water partition coefficient (Wildman–Crippen LogP) is 4.50. The van der Waals surface area contributed by atoms with E-state index in [9.17, 15) is 0 Å². The van der Waals surface area contributed by atoms with Crippen LogP contribution in [0, 0.1) is 6.92 Å². The summed E-state index contributed by atoms with van der Waals surface area (Å²) in [7, 11) is 0. The third kappa shape index (κ3) is 1.68. The maximum Gasteiger partial charge on any atom is 0.130 e. The Morgan fingerprint density at radius 3 is 2.50 bits per heavy atom. The van der Waals surface area contributed by atoms with Gasteiger partial charge >= 0.3 is 0 Å². The summed E-state index contributed by atoms with van der Waals surface area (Å²) in [5.41, 5.74) is 1.71. The fraction of sp³-hybridized carbons (Fsp3) is 0.100. The maximum absolute atomic E-state index is 6.00. The molecule has 0 saturated heterocycles. The molecule has 0 aliphatic rings. The molecule has 0 radical (unpaired) electrons. The van der Waals surface area contributed by atoms with E-state index in [-0.39, 0.29) is 0 Å². The summed E-state index contributed by atoms with van der Waals surface area (Å²) in [4.78, 5) is 4.15. The first-order chi connectivity index (χ1) is 6.58. The van der Waals surface area contributed by atoms with Crippen LogP contribution in [0.25, 0.3) is 10.9 Å². The minimum atomic E-state index is 0.444. The highest BCUT2D eigenvalue weighted by atomic mass is 35.5. The second-order valence-corrected chi connectivity index (χ2v) is 4.28. The number of fused-ring (bicyclic) bond motifs is 1. The smallest absolute Gasteiger partial charge is 0.130 e. The molecule has 0 saturated carbocycles. The Bertz CT molecular complexity index is 461. The molecule has 0 atom stereocenters. The second kappa shape index (κ2) is 3.58. The van der Waals surface area contributed by atoms with Crippen LogP contribution in [0.3, 0.4) is 0 Å². The second-order valence-electron chi connectivity index (χ2n) is 3.05. The first-order valence-corrected chi connectivity index (χ1v) is 5.13. The predicted molar refractivity (Wildman–Crippen MR) is 61.5 cm³/mol. The molecule has 0 amide bonds. The van der Waals surface area contributed by atoms with Gasteiger partial charge in [-0.3, -0.25) is 0 Å². The molecule has 0 aliphatic heterocycles. The minimum Gasteiger partial charge on any atom is -0.235 e. The molecule has 4 heteroatoms. The van der Waals surface area contributed by atoms with Crippen LogP contribution in [-0.2, 0) is 0 Å². The molecule has 14 heavy (non-hydrogen) atoms. The highest BCUT2D eigenvalue weighted by Crippen LogP contribution is 2.29. The molecule has 2 rings (SSSR count). The lowest BCUT2D eigenvalue weighted by atomic mass is 10.1. The molecule has 1 aromatic carbocycles. The van der Waals surface area contributed by atoms with Gasteiger partial charge in [-0.2, -0.15) is 0 Å². The zero-order valence-corrected chi connectivity index (χ0v) is 9.58. The van der Waals surface area contributed by atoms with E-state index in [0.29, 0.717) is 20.7 Å². The van der Waals surface area contributed by atoms with Crippen molar-refractivity contribution in [3.8, 4) is 0 Å². The van der Waals surface area contributed by atoms with Gasteiger partial charge in [0.2, 0.25) is 0 Å². The quantitative estimate of drug-likeness (QED) is 0.624. The van der Waals surface area contributed by atoms with E-state index in [1.807, 2.05) is 13.0 Å². The Morgan fingerprint density at radius 2 is 1.79 bits per heavy atom. The van der Waals surface area contributed by atoms with Gasteiger partial charge in [0.15, 0.2) is 0 Å². The molecule has 0 spiro atoms. The van der Waals surface area contributed by atoms with Crippen LogP contribution >= 0.6 is 34.8 Å². The lowest BCUT2D eigenvalue weighted by Gasteiger charge is -2.04. The highest BCUT2D eigenvalue weighted by Gasteiger charge is 2.06. The number of hydrogen-bond donors (Lipinski definition) is 0. The van der Waals surface area contributed by atoms with Crippen molar-refractivity contribution in [1.29, 1.82) is 0 Å². The van der Waals surface area contributed by atoms with Crippen LogP contribution in [0.15, 0.2) is 18.2 Å². The standard InChI is InChI=1S/C10H6Cl3N/c1-5-2-9(13)14-10-7(5)3-6(11)4-8(10)12/h2-4H,1H3. The van der Waals surface area contributed by atoms with Crippen molar-refractivity contribution in [3.63, 3.8) is 0 Å². The number of hydrogen-bond acceptors (Lipinski definition) is 1. The van der Waals surface area contributed by atoms with Gasteiger partial charge in [-0.1, -0.05) is 34.8 Å². The number of aryl methyl sites for hydroxylation is 1. The van der Waals surface area contributed by atoms with Gasteiger partial charge in [-0.25, -0.2) is 4.98 Å². The molecule has 0 unspecified atom stereocenters. The number of nitrogens with zero attached hydrogens (tertiary/aromatic N) is 1. The van der Waals surface area contributed by atoms with Crippen molar-refractivity contribution < 1.29 is 0 Å². The molecule has 0 fully saturated rings. The van der Waals surface area contributed by atoms with Gasteiger partial charge in [-0.15, -0.1) is 0 Å². The molecule has 1 heterocycles. The fourth-order valence-electron chi connectivity index (χ4n) is 1.38. The van der Waals surface area contributed by atoms with E-state index in [1.165, 1.54) is 0 Å². The van der Waals surface area contributed by atoms with Crippen molar-refractivity contribution in [2.24, 2.45) is 0 Å². The third-order valence-corrected chi connectivity index (χ3v) is 2.71. The number of aromatic nitrogens is 1. The van der Waals surface area contributed by atoms with Gasteiger partial charge in [0.05, 0.1) is 10.5 Å². The van der Waals surface area contributed by atoms with Crippen LogP contribution in [0.5, 0.6) is 0 Å². The lowest BCUT2D eigenvalue weighted by Crippen LogP contribution is -1.85. The van der Waals surface area contributed by atoms with E-state index in [2.05, 4.69) is 4.98 Å². The molecule has 0 N–H and O–H groups in total. The van der Waals surface area contributed by atoms with Crippen molar-refractivity contribution in [2.75, 3.05) is 0 Å². The Morgan fingerprint density at radius 1 is 1.07 bits per heavy atom. The van der Waals surface area contributed by atoms with E-state index in [4.69, 9.17) is 34.8 Å². The average Bonchev–Trinajstić information content (AvgIpc) is 2.07. The van der Waals surface area contributed by atoms with Crippen LogP contribution < -0.4 is 0 Å². The molecular weight excluding hydrogens is 240 g/mol. The van der Waals surface area contributed by atoms with Crippen LogP contribution in [0.4, 0.5) is 0 Å². The van der Waals surface area contributed by atoms with E-state index < -0.39 is 0 Å². The van der Waals surface area contributed by atoms with Crippen molar-refractivity contribution in [1.82, 2.24) is 4.98 Å². The third-order valence-electron chi connectivity index (χ3n) is 2.01. The summed E-state index contributed by atoms with van der Waals surface area (Å²) in [5.74, 6) is 0. The Kier molecular flexibility index (Phi) is 2.56. The van der Waals surface area contributed by atoms with Gasteiger partial charge in [0.1, 0.15) is 5.15 Å². The first-order valence-electron chi connectivity index (χ1n) is 4.00. The zero-order valence-electron chi connectivity index (χ0n) is 7.31. The molecule has 1 nitrogen and oxygen atoms in total. The average molecular weight is 247 g/mol.